The van der Waals surface area contributed by atoms with Crippen LogP contribution in [0.2, 0.25) is 0 Å². The molecule has 0 aromatic carbocycles. The van der Waals surface area contributed by atoms with Crippen LogP contribution in [-0.2, 0) is 9.59 Å². The summed E-state index contributed by atoms with van der Waals surface area (Å²) in [6.07, 6.45) is 1.92. The van der Waals surface area contributed by atoms with Crippen molar-refractivity contribution in [1.29, 1.82) is 0 Å². The lowest BCUT2D eigenvalue weighted by molar-refractivity contribution is -0.139. The van der Waals surface area contributed by atoms with Gasteiger partial charge in [0, 0.05) is 45.3 Å². The van der Waals surface area contributed by atoms with Crippen molar-refractivity contribution in [3.05, 3.63) is 0 Å². The van der Waals surface area contributed by atoms with E-state index in [2.05, 4.69) is 4.90 Å². The fraction of sp³-hybridized carbons (Fsp3) is 0.846. The third kappa shape index (κ3) is 4.43. The number of aliphatic carboxylic acids is 1. The number of piperazine rings is 1. The van der Waals surface area contributed by atoms with Gasteiger partial charge >= 0.3 is 5.97 Å². The maximum absolute atomic E-state index is 12.2. The van der Waals surface area contributed by atoms with Crippen LogP contribution in [0.4, 0.5) is 0 Å². The van der Waals surface area contributed by atoms with Gasteiger partial charge in [0.25, 0.3) is 0 Å². The number of nitrogens with two attached hydrogens (primary N) is 1. The van der Waals surface area contributed by atoms with E-state index in [1.807, 2.05) is 9.80 Å². The van der Waals surface area contributed by atoms with Crippen LogP contribution in [0.1, 0.15) is 12.8 Å². The van der Waals surface area contributed by atoms with Gasteiger partial charge in [0.2, 0.25) is 5.91 Å². The molecule has 114 valence electrons. The Balaban J connectivity index is 1.70. The summed E-state index contributed by atoms with van der Waals surface area (Å²) in [5, 5.41) is 8.74. The third-order valence-corrected chi connectivity index (χ3v) is 4.07. The number of amides is 1. The van der Waals surface area contributed by atoms with Crippen LogP contribution >= 0.6 is 0 Å². The average Bonchev–Trinajstić information content (AvgIpc) is 2.41. The molecule has 0 aliphatic carbocycles. The molecule has 20 heavy (non-hydrogen) atoms. The first-order valence-electron chi connectivity index (χ1n) is 7.24. The van der Waals surface area contributed by atoms with E-state index in [9.17, 15) is 9.59 Å². The van der Waals surface area contributed by atoms with Crippen molar-refractivity contribution < 1.29 is 14.7 Å². The molecule has 3 N–H and O–H groups in total. The number of carboxylic acids is 1. The monoisotopic (exact) mass is 284 g/mol. The van der Waals surface area contributed by atoms with Crippen LogP contribution in [0, 0.1) is 0 Å². The standard InChI is InChI=1S/C13H24N4O3/c14-11-1-3-15(4-2-11)9-12(18)17-7-5-16(6-8-17)10-13(19)20/h11H,1-10,14H2,(H,19,20). The molecule has 7 heteroatoms. The van der Waals surface area contributed by atoms with Crippen molar-refractivity contribution in [3.8, 4) is 0 Å². The van der Waals surface area contributed by atoms with Gasteiger partial charge < -0.3 is 15.7 Å². The Labute approximate surface area is 119 Å². The molecule has 2 aliphatic heterocycles. The highest BCUT2D eigenvalue weighted by atomic mass is 16.4. The van der Waals surface area contributed by atoms with E-state index in [1.54, 1.807) is 0 Å². The van der Waals surface area contributed by atoms with Gasteiger partial charge in [-0.25, -0.2) is 0 Å². The summed E-state index contributed by atoms with van der Waals surface area (Å²) in [5.41, 5.74) is 5.85. The molecular weight excluding hydrogens is 260 g/mol. The number of carbonyl (C=O) groups excluding carboxylic acids is 1. The molecule has 2 fully saturated rings. The number of rotatable bonds is 4. The largest absolute Gasteiger partial charge is 0.480 e. The van der Waals surface area contributed by atoms with Crippen molar-refractivity contribution in [2.75, 3.05) is 52.4 Å². The molecule has 0 saturated carbocycles. The fourth-order valence-corrected chi connectivity index (χ4v) is 2.75. The number of piperidine rings is 1. The SMILES string of the molecule is NC1CCN(CC(=O)N2CCN(CC(=O)O)CC2)CC1. The predicted octanol–water partition coefficient (Wildman–Crippen LogP) is -1.36. The van der Waals surface area contributed by atoms with Crippen molar-refractivity contribution in [1.82, 2.24) is 14.7 Å². The molecule has 0 spiro atoms. The van der Waals surface area contributed by atoms with Crippen LogP contribution in [0.5, 0.6) is 0 Å². The molecule has 0 aromatic rings. The number of carbonyl (C=O) groups is 2. The van der Waals surface area contributed by atoms with Gasteiger partial charge in [0.15, 0.2) is 0 Å². The number of nitrogens with zero attached hydrogens (tertiary/aromatic N) is 3. The summed E-state index contributed by atoms with van der Waals surface area (Å²) in [6, 6.07) is 0.279. The zero-order chi connectivity index (χ0) is 14.5. The molecule has 0 unspecified atom stereocenters. The maximum Gasteiger partial charge on any atom is 0.317 e. The molecule has 0 atom stereocenters. The normalized spacial score (nSPS) is 22.9. The molecule has 2 saturated heterocycles. The lowest BCUT2D eigenvalue weighted by Gasteiger charge is -2.36. The van der Waals surface area contributed by atoms with Crippen molar-refractivity contribution >= 4 is 11.9 Å². The first-order chi connectivity index (χ1) is 9.54. The second kappa shape index (κ2) is 7.01. The molecule has 2 rings (SSSR count). The lowest BCUT2D eigenvalue weighted by Crippen LogP contribution is -2.53. The van der Waals surface area contributed by atoms with Crippen LogP contribution in [-0.4, -0.2) is 90.1 Å². The molecule has 7 nitrogen and oxygen atoms in total. The maximum atomic E-state index is 12.2. The summed E-state index contributed by atoms with van der Waals surface area (Å²) < 4.78 is 0. The summed E-state index contributed by atoms with van der Waals surface area (Å²) in [4.78, 5) is 28.7. The molecule has 0 aromatic heterocycles. The third-order valence-electron chi connectivity index (χ3n) is 4.07. The highest BCUT2D eigenvalue weighted by molar-refractivity contribution is 5.78. The summed E-state index contributed by atoms with van der Waals surface area (Å²) in [6.45, 7) is 4.85. The summed E-state index contributed by atoms with van der Waals surface area (Å²) >= 11 is 0. The fourth-order valence-electron chi connectivity index (χ4n) is 2.75. The van der Waals surface area contributed by atoms with E-state index in [1.165, 1.54) is 0 Å². The minimum atomic E-state index is -0.811. The molecule has 1 amide bonds. The smallest absolute Gasteiger partial charge is 0.317 e. The number of hydrogen-bond donors (Lipinski definition) is 2. The van der Waals surface area contributed by atoms with Gasteiger partial charge in [0.05, 0.1) is 13.1 Å². The molecule has 2 aliphatic rings. The van der Waals surface area contributed by atoms with E-state index in [0.717, 1.165) is 25.9 Å². The highest BCUT2D eigenvalue weighted by Crippen LogP contribution is 2.09. The van der Waals surface area contributed by atoms with Crippen molar-refractivity contribution in [2.24, 2.45) is 5.73 Å². The minimum absolute atomic E-state index is 0.0616. The first kappa shape index (κ1) is 15.2. The first-order valence-corrected chi connectivity index (χ1v) is 7.24. The molecule has 0 radical (unpaired) electrons. The summed E-state index contributed by atoms with van der Waals surface area (Å²) in [7, 11) is 0. The number of hydrogen-bond acceptors (Lipinski definition) is 5. The van der Waals surface area contributed by atoms with E-state index < -0.39 is 5.97 Å². The second-order valence-electron chi connectivity index (χ2n) is 5.66. The minimum Gasteiger partial charge on any atom is -0.480 e. The predicted molar refractivity (Wildman–Crippen MR) is 74.3 cm³/mol. The Morgan fingerprint density at radius 1 is 0.950 bits per heavy atom. The van der Waals surface area contributed by atoms with Crippen LogP contribution in [0.25, 0.3) is 0 Å². The Morgan fingerprint density at radius 3 is 2.05 bits per heavy atom. The van der Waals surface area contributed by atoms with E-state index in [4.69, 9.17) is 10.8 Å². The Kier molecular flexibility index (Phi) is 5.33. The molecular formula is C13H24N4O3. The van der Waals surface area contributed by atoms with E-state index in [-0.39, 0.29) is 18.5 Å². The molecule has 2 heterocycles. The van der Waals surface area contributed by atoms with E-state index in [0.29, 0.717) is 32.7 Å². The van der Waals surface area contributed by atoms with Crippen molar-refractivity contribution in [2.45, 2.75) is 18.9 Å². The van der Waals surface area contributed by atoms with Crippen molar-refractivity contribution in [3.63, 3.8) is 0 Å². The van der Waals surface area contributed by atoms with Crippen LogP contribution in [0.15, 0.2) is 0 Å². The quantitative estimate of drug-likeness (QED) is 0.662. The Bertz CT molecular complexity index is 348. The van der Waals surface area contributed by atoms with Gasteiger partial charge in [-0.05, 0) is 12.8 Å². The van der Waals surface area contributed by atoms with Gasteiger partial charge in [-0.1, -0.05) is 0 Å². The van der Waals surface area contributed by atoms with Crippen LogP contribution < -0.4 is 5.73 Å². The Hall–Kier alpha value is -1.18. The lowest BCUT2D eigenvalue weighted by atomic mass is 10.1. The number of likely N-dealkylation sites (tertiary alicyclic amines) is 1. The van der Waals surface area contributed by atoms with Gasteiger partial charge in [0.1, 0.15) is 0 Å². The van der Waals surface area contributed by atoms with E-state index >= 15 is 0 Å². The summed E-state index contributed by atoms with van der Waals surface area (Å²) in [5.74, 6) is -0.662. The average molecular weight is 284 g/mol. The van der Waals surface area contributed by atoms with Crippen LogP contribution in [0.3, 0.4) is 0 Å². The van der Waals surface area contributed by atoms with Gasteiger partial charge in [-0.3, -0.25) is 19.4 Å². The topological polar surface area (TPSA) is 90.1 Å². The number of carboxylic acid groups (broad SMARTS) is 1. The molecule has 0 bridgehead atoms. The zero-order valence-electron chi connectivity index (χ0n) is 11.8. The van der Waals surface area contributed by atoms with Gasteiger partial charge in [-0.2, -0.15) is 0 Å². The van der Waals surface area contributed by atoms with Gasteiger partial charge in [-0.15, -0.1) is 0 Å². The highest BCUT2D eigenvalue weighted by Gasteiger charge is 2.25. The Morgan fingerprint density at radius 2 is 1.50 bits per heavy atom. The zero-order valence-corrected chi connectivity index (χ0v) is 11.8. The second-order valence-corrected chi connectivity index (χ2v) is 5.66.